The molecule has 0 bridgehead atoms. The van der Waals surface area contributed by atoms with Gasteiger partial charge in [-0.25, -0.2) is 4.98 Å². The summed E-state index contributed by atoms with van der Waals surface area (Å²) in [5.74, 6) is 0.665. The first-order chi connectivity index (χ1) is 23.1. The van der Waals surface area contributed by atoms with E-state index in [1.54, 1.807) is 26.4 Å². The molecule has 0 radical (unpaired) electrons. The maximum Gasteiger partial charge on any atom is 0.249 e. The number of aromatic nitrogens is 4. The molecule has 2 saturated heterocycles. The Hall–Kier alpha value is -3.32. The van der Waals surface area contributed by atoms with E-state index in [0.717, 1.165) is 87.6 Å². The van der Waals surface area contributed by atoms with Crippen molar-refractivity contribution in [2.24, 2.45) is 7.05 Å². The summed E-state index contributed by atoms with van der Waals surface area (Å²) < 4.78 is 7.19. The smallest absolute Gasteiger partial charge is 0.249 e. The summed E-state index contributed by atoms with van der Waals surface area (Å²) in [6.45, 7) is 8.49. The molecule has 260 valence electrons. The molecule has 5 rings (SSSR count). The lowest BCUT2D eigenvalue weighted by Crippen LogP contribution is -2.59. The summed E-state index contributed by atoms with van der Waals surface area (Å²) in [5, 5.41) is 6.75. The Morgan fingerprint density at radius 3 is 2.21 bits per heavy atom. The summed E-state index contributed by atoms with van der Waals surface area (Å²) in [6, 6.07) is 10.2. The van der Waals surface area contributed by atoms with Crippen LogP contribution in [0.5, 0.6) is 0 Å². The summed E-state index contributed by atoms with van der Waals surface area (Å²) >= 11 is 5.02. The Bertz CT molecular complexity index is 1470. The zero-order valence-corrected chi connectivity index (χ0v) is 29.8. The van der Waals surface area contributed by atoms with E-state index < -0.39 is 6.10 Å². The number of ether oxygens (including phenoxy) is 1. The SMILES string of the molecule is CCN1CCC(Cc2ccc(CC(S)N3CCC(Cc4ccccn4)(NC(=O)C(C)OC)CC3)cn2)(NC(=O)Cc2nccn2C)CC1. The average molecular weight is 677 g/mol. The molecule has 2 aliphatic heterocycles. The zero-order valence-electron chi connectivity index (χ0n) is 28.9. The number of imidazole rings is 1. The molecule has 2 amide bonds. The minimum absolute atomic E-state index is 0.00198. The number of nitrogens with zero attached hydrogens (tertiary/aromatic N) is 6. The third kappa shape index (κ3) is 9.43. The van der Waals surface area contributed by atoms with Gasteiger partial charge < -0.3 is 24.8 Å². The van der Waals surface area contributed by atoms with Crippen LogP contribution in [0, 0.1) is 0 Å². The number of likely N-dealkylation sites (tertiary alicyclic amines) is 2. The summed E-state index contributed by atoms with van der Waals surface area (Å²) in [6.07, 6.45) is 12.6. The Morgan fingerprint density at radius 2 is 1.62 bits per heavy atom. The lowest BCUT2D eigenvalue weighted by molar-refractivity contribution is -0.132. The van der Waals surface area contributed by atoms with Gasteiger partial charge in [0.05, 0.1) is 11.8 Å². The fourth-order valence-corrected chi connectivity index (χ4v) is 7.42. The maximum atomic E-state index is 13.2. The topological polar surface area (TPSA) is 118 Å². The molecule has 5 heterocycles. The lowest BCUT2D eigenvalue weighted by Gasteiger charge is -2.44. The molecule has 12 heteroatoms. The molecule has 48 heavy (non-hydrogen) atoms. The lowest BCUT2D eigenvalue weighted by atomic mass is 9.82. The quantitative estimate of drug-likeness (QED) is 0.223. The van der Waals surface area contributed by atoms with Crippen molar-refractivity contribution >= 4 is 24.4 Å². The highest BCUT2D eigenvalue weighted by Crippen LogP contribution is 2.30. The molecule has 2 aliphatic rings. The van der Waals surface area contributed by atoms with Crippen LogP contribution in [-0.4, -0.2) is 104 Å². The second-order valence-electron chi connectivity index (χ2n) is 13.6. The van der Waals surface area contributed by atoms with E-state index in [-0.39, 0.29) is 34.7 Å². The van der Waals surface area contributed by atoms with Crippen molar-refractivity contribution in [3.05, 3.63) is 77.9 Å². The number of thiol groups is 1. The first-order valence-electron chi connectivity index (χ1n) is 17.2. The highest BCUT2D eigenvalue weighted by atomic mass is 32.1. The molecule has 0 spiro atoms. The molecular weight excluding hydrogens is 625 g/mol. The maximum absolute atomic E-state index is 13.2. The largest absolute Gasteiger partial charge is 0.372 e. The number of carbonyl (C=O) groups is 2. The molecule has 2 unspecified atom stereocenters. The second kappa shape index (κ2) is 16.4. The van der Waals surface area contributed by atoms with Crippen LogP contribution < -0.4 is 10.6 Å². The number of amides is 2. The van der Waals surface area contributed by atoms with Gasteiger partial charge in [-0.05, 0) is 69.3 Å². The van der Waals surface area contributed by atoms with Gasteiger partial charge in [-0.3, -0.25) is 24.5 Å². The Kier molecular flexibility index (Phi) is 12.3. The van der Waals surface area contributed by atoms with Crippen molar-refractivity contribution in [1.29, 1.82) is 0 Å². The van der Waals surface area contributed by atoms with Crippen LogP contribution in [0.15, 0.2) is 55.1 Å². The van der Waals surface area contributed by atoms with E-state index in [2.05, 4.69) is 49.5 Å². The van der Waals surface area contributed by atoms with E-state index in [1.807, 2.05) is 42.2 Å². The molecule has 3 aromatic rings. The fourth-order valence-electron chi connectivity index (χ4n) is 6.98. The molecule has 2 atom stereocenters. The number of methoxy groups -OCH3 is 1. The van der Waals surface area contributed by atoms with E-state index in [4.69, 9.17) is 22.3 Å². The van der Waals surface area contributed by atoms with Crippen molar-refractivity contribution in [2.75, 3.05) is 39.8 Å². The van der Waals surface area contributed by atoms with Gasteiger partial charge >= 0.3 is 0 Å². The molecule has 3 aromatic heterocycles. The van der Waals surface area contributed by atoms with E-state index in [9.17, 15) is 9.59 Å². The molecule has 0 saturated carbocycles. The summed E-state index contributed by atoms with van der Waals surface area (Å²) in [7, 11) is 3.47. The minimum atomic E-state index is -0.515. The van der Waals surface area contributed by atoms with Gasteiger partial charge in [0.1, 0.15) is 11.9 Å². The third-order valence-electron chi connectivity index (χ3n) is 10.3. The molecule has 0 aromatic carbocycles. The predicted molar refractivity (Wildman–Crippen MR) is 190 cm³/mol. The number of piperidine rings is 2. The third-order valence-corrected chi connectivity index (χ3v) is 10.8. The fraction of sp³-hybridized carbons (Fsp3) is 0.583. The Balaban J connectivity index is 1.19. The van der Waals surface area contributed by atoms with Crippen molar-refractivity contribution in [1.82, 2.24) is 40.0 Å². The molecule has 0 aliphatic carbocycles. The van der Waals surface area contributed by atoms with Crippen molar-refractivity contribution in [3.8, 4) is 0 Å². The number of nitrogens with one attached hydrogen (secondary N) is 2. The molecular formula is C36H52N8O3S. The van der Waals surface area contributed by atoms with Gasteiger partial charge in [0, 0.05) is 100 Å². The second-order valence-corrected chi connectivity index (χ2v) is 14.2. The normalized spacial score (nSPS) is 19.4. The van der Waals surface area contributed by atoms with Gasteiger partial charge in [0.2, 0.25) is 11.8 Å². The number of hydrogen-bond donors (Lipinski definition) is 3. The van der Waals surface area contributed by atoms with Gasteiger partial charge in [-0.2, -0.15) is 12.6 Å². The van der Waals surface area contributed by atoms with E-state index >= 15 is 0 Å². The number of hydrogen-bond acceptors (Lipinski definition) is 9. The monoisotopic (exact) mass is 676 g/mol. The van der Waals surface area contributed by atoms with E-state index in [1.165, 1.54) is 0 Å². The number of rotatable bonds is 14. The van der Waals surface area contributed by atoms with E-state index in [0.29, 0.717) is 12.8 Å². The first-order valence-corrected chi connectivity index (χ1v) is 17.7. The number of carbonyl (C=O) groups excluding carboxylic acids is 2. The minimum Gasteiger partial charge on any atom is -0.372 e. The standard InChI is InChI=1S/C36H52N8O3S/c1-5-43-17-11-35(12-18-43,40-32(45)23-31-38-16-21-42(31)3)25-30-10-9-28(26-39-30)22-33(48)44-19-13-36(14-20-44,41-34(46)27(2)47-4)24-29-8-6-7-15-37-29/h6-10,15-16,21,26-27,33,48H,5,11-14,17-20,22-25H2,1-4H3,(H,40,45)(H,41,46). The van der Waals surface area contributed by atoms with Crippen LogP contribution in [-0.2, 0) is 47.1 Å². The van der Waals surface area contributed by atoms with Crippen LogP contribution in [0.3, 0.4) is 0 Å². The first kappa shape index (κ1) is 36.0. The van der Waals surface area contributed by atoms with Crippen molar-refractivity contribution in [3.63, 3.8) is 0 Å². The highest BCUT2D eigenvalue weighted by molar-refractivity contribution is 7.80. The van der Waals surface area contributed by atoms with Crippen LogP contribution in [0.1, 0.15) is 62.3 Å². The van der Waals surface area contributed by atoms with Crippen molar-refractivity contribution < 1.29 is 14.3 Å². The Labute approximate surface area is 290 Å². The van der Waals surface area contributed by atoms with Crippen LogP contribution in [0.4, 0.5) is 0 Å². The average Bonchev–Trinajstić information content (AvgIpc) is 3.49. The Morgan fingerprint density at radius 1 is 0.938 bits per heavy atom. The highest BCUT2D eigenvalue weighted by Gasteiger charge is 2.39. The number of aryl methyl sites for hydroxylation is 1. The summed E-state index contributed by atoms with van der Waals surface area (Å²) in [5.41, 5.74) is 2.35. The van der Waals surface area contributed by atoms with Gasteiger partial charge in [-0.1, -0.05) is 19.1 Å². The predicted octanol–water partition coefficient (Wildman–Crippen LogP) is 2.99. The van der Waals surface area contributed by atoms with Gasteiger partial charge in [0.15, 0.2) is 0 Å². The van der Waals surface area contributed by atoms with Gasteiger partial charge in [0.25, 0.3) is 0 Å². The van der Waals surface area contributed by atoms with Crippen molar-refractivity contribution in [2.45, 2.75) is 87.8 Å². The van der Waals surface area contributed by atoms with Crippen LogP contribution in [0.2, 0.25) is 0 Å². The van der Waals surface area contributed by atoms with Gasteiger partial charge in [-0.15, -0.1) is 0 Å². The molecule has 11 nitrogen and oxygen atoms in total. The molecule has 2 fully saturated rings. The zero-order chi connectivity index (χ0) is 34.1. The van der Waals surface area contributed by atoms with Crippen LogP contribution >= 0.6 is 12.6 Å². The summed E-state index contributed by atoms with van der Waals surface area (Å²) in [4.78, 5) is 44.7. The van der Waals surface area contributed by atoms with Crippen LogP contribution in [0.25, 0.3) is 0 Å². The number of pyridine rings is 2. The molecule has 2 N–H and O–H groups in total.